The number of rotatable bonds is 4. The van der Waals surface area contributed by atoms with Crippen LogP contribution in [0.2, 0.25) is 0 Å². The zero-order chi connectivity index (χ0) is 19.8. The molecule has 1 N–H and O–H groups in total. The van der Waals surface area contributed by atoms with E-state index in [9.17, 15) is 26.3 Å². The molecule has 142 valence electrons. The predicted molar refractivity (Wildman–Crippen MR) is 86.9 cm³/mol. The van der Waals surface area contributed by atoms with Gasteiger partial charge in [0.2, 0.25) is 0 Å². The van der Waals surface area contributed by atoms with Gasteiger partial charge in [0.05, 0.1) is 5.69 Å². The lowest BCUT2D eigenvalue weighted by atomic mass is 10.2. The molecule has 0 aliphatic carbocycles. The highest BCUT2D eigenvalue weighted by atomic mass is 19.4. The minimum atomic E-state index is -4.55. The summed E-state index contributed by atoms with van der Waals surface area (Å²) in [6, 6.07) is 8.49. The molecule has 1 aromatic heterocycles. The number of aryl methyl sites for hydroxylation is 1. The molecule has 0 atom stereocenters. The summed E-state index contributed by atoms with van der Waals surface area (Å²) in [6.45, 7) is 1.19. The van der Waals surface area contributed by atoms with Crippen LogP contribution in [0.15, 0.2) is 42.5 Å². The Balaban J connectivity index is 1.77. The minimum absolute atomic E-state index is 0.298. The van der Waals surface area contributed by atoms with Gasteiger partial charge in [0.15, 0.2) is 17.3 Å². The third-order valence-corrected chi connectivity index (χ3v) is 3.90. The van der Waals surface area contributed by atoms with Crippen LogP contribution < -0.4 is 5.32 Å². The second-order valence-electron chi connectivity index (χ2n) is 5.80. The molecule has 0 fully saturated rings. The summed E-state index contributed by atoms with van der Waals surface area (Å²) in [7, 11) is 0. The highest BCUT2D eigenvalue weighted by Crippen LogP contribution is 2.29. The largest absolute Gasteiger partial charge is 0.435 e. The normalized spacial score (nSPS) is 11.7. The highest BCUT2D eigenvalue weighted by molar-refractivity contribution is 5.49. The van der Waals surface area contributed by atoms with E-state index in [0.717, 1.165) is 16.8 Å². The van der Waals surface area contributed by atoms with Gasteiger partial charge in [-0.3, -0.25) is 0 Å². The molecule has 27 heavy (non-hydrogen) atoms. The van der Waals surface area contributed by atoms with Crippen molar-refractivity contribution in [2.45, 2.75) is 19.6 Å². The van der Waals surface area contributed by atoms with Crippen LogP contribution in [0.3, 0.4) is 0 Å². The summed E-state index contributed by atoms with van der Waals surface area (Å²) in [6.07, 6.45) is -4.55. The molecule has 0 spiro atoms. The Hall–Kier alpha value is -2.97. The predicted octanol–water partition coefficient (Wildman–Crippen LogP) is 5.23. The zero-order valence-corrected chi connectivity index (χ0v) is 13.9. The minimum Gasteiger partial charge on any atom is -0.381 e. The van der Waals surface area contributed by atoms with Gasteiger partial charge < -0.3 is 5.32 Å². The van der Waals surface area contributed by atoms with Gasteiger partial charge in [0.1, 0.15) is 5.82 Å². The molecule has 2 aromatic carbocycles. The smallest absolute Gasteiger partial charge is 0.381 e. The van der Waals surface area contributed by atoms with Crippen LogP contribution in [0.4, 0.5) is 32.0 Å². The van der Waals surface area contributed by atoms with Crippen LogP contribution in [0, 0.1) is 24.4 Å². The lowest BCUT2D eigenvalue weighted by Gasteiger charge is -2.10. The van der Waals surface area contributed by atoms with E-state index in [1.54, 1.807) is 0 Å². The summed E-state index contributed by atoms with van der Waals surface area (Å²) in [5.74, 6) is -3.31. The molecule has 9 heteroatoms. The maximum absolute atomic E-state index is 13.6. The third kappa shape index (κ3) is 3.91. The molecular weight excluding hydrogens is 372 g/mol. The topological polar surface area (TPSA) is 29.9 Å². The molecule has 0 aliphatic heterocycles. The van der Waals surface area contributed by atoms with E-state index in [4.69, 9.17) is 0 Å². The van der Waals surface area contributed by atoms with Crippen LogP contribution >= 0.6 is 0 Å². The first kappa shape index (κ1) is 18.8. The van der Waals surface area contributed by atoms with E-state index in [0.29, 0.717) is 23.1 Å². The Labute approximate surface area is 150 Å². The number of hydrogen-bond donors (Lipinski definition) is 1. The second kappa shape index (κ2) is 6.98. The first-order valence-electron chi connectivity index (χ1n) is 7.77. The van der Waals surface area contributed by atoms with Gasteiger partial charge in [-0.1, -0.05) is 0 Å². The van der Waals surface area contributed by atoms with Crippen molar-refractivity contribution in [2.24, 2.45) is 0 Å². The average Bonchev–Trinajstić information content (AvgIpc) is 3.01. The standard InChI is InChI=1S/C18H13F6N3/c1-10-8-16(18(22,23)24)26-27(10)12-4-2-11(3-5-12)25-9-13-14(19)6-7-15(20)17(13)21/h2-8,25H,9H2,1H3. The summed E-state index contributed by atoms with van der Waals surface area (Å²) < 4.78 is 79.8. The molecule has 0 unspecified atom stereocenters. The molecular formula is C18H13F6N3. The number of alkyl halides is 3. The van der Waals surface area contributed by atoms with Crippen LogP contribution in [-0.2, 0) is 12.7 Å². The van der Waals surface area contributed by atoms with Crippen molar-refractivity contribution >= 4 is 5.69 Å². The van der Waals surface area contributed by atoms with Gasteiger partial charge in [-0.05, 0) is 49.4 Å². The Morgan fingerprint density at radius 3 is 2.19 bits per heavy atom. The Kier molecular flexibility index (Phi) is 4.86. The van der Waals surface area contributed by atoms with Crippen molar-refractivity contribution in [3.8, 4) is 5.69 Å². The fraction of sp³-hybridized carbons (Fsp3) is 0.167. The van der Waals surface area contributed by atoms with Gasteiger partial charge >= 0.3 is 6.18 Å². The zero-order valence-electron chi connectivity index (χ0n) is 13.9. The van der Waals surface area contributed by atoms with E-state index >= 15 is 0 Å². The lowest BCUT2D eigenvalue weighted by Crippen LogP contribution is -2.08. The average molecular weight is 385 g/mol. The van der Waals surface area contributed by atoms with Gasteiger partial charge in [0.25, 0.3) is 0 Å². The molecule has 0 amide bonds. The summed E-state index contributed by atoms with van der Waals surface area (Å²) in [5, 5.41) is 6.27. The first-order chi connectivity index (χ1) is 12.7. The number of nitrogens with one attached hydrogen (secondary N) is 1. The van der Waals surface area contributed by atoms with Crippen LogP contribution in [0.5, 0.6) is 0 Å². The van der Waals surface area contributed by atoms with E-state index < -0.39 is 34.9 Å². The molecule has 0 saturated heterocycles. The molecule has 0 bridgehead atoms. The van der Waals surface area contributed by atoms with Crippen LogP contribution in [-0.4, -0.2) is 9.78 Å². The fourth-order valence-electron chi connectivity index (χ4n) is 2.52. The Morgan fingerprint density at radius 1 is 0.963 bits per heavy atom. The number of benzene rings is 2. The van der Waals surface area contributed by atoms with Crippen LogP contribution in [0.25, 0.3) is 5.69 Å². The number of nitrogens with zero attached hydrogens (tertiary/aromatic N) is 2. The summed E-state index contributed by atoms with van der Waals surface area (Å²) >= 11 is 0. The monoisotopic (exact) mass is 385 g/mol. The molecule has 3 nitrogen and oxygen atoms in total. The van der Waals surface area contributed by atoms with Crippen molar-refractivity contribution in [1.82, 2.24) is 9.78 Å². The quantitative estimate of drug-likeness (QED) is 0.492. The molecule has 3 aromatic rings. The maximum atomic E-state index is 13.6. The molecule has 0 radical (unpaired) electrons. The van der Waals surface area contributed by atoms with Gasteiger partial charge in [-0.15, -0.1) is 0 Å². The second-order valence-corrected chi connectivity index (χ2v) is 5.80. The number of aromatic nitrogens is 2. The van der Waals surface area contributed by atoms with Crippen LogP contribution in [0.1, 0.15) is 17.0 Å². The van der Waals surface area contributed by atoms with Crippen molar-refractivity contribution in [2.75, 3.05) is 5.32 Å². The van der Waals surface area contributed by atoms with Crippen molar-refractivity contribution < 1.29 is 26.3 Å². The van der Waals surface area contributed by atoms with Crippen molar-refractivity contribution in [3.05, 3.63) is 76.9 Å². The van der Waals surface area contributed by atoms with E-state index in [1.807, 2.05) is 0 Å². The van der Waals surface area contributed by atoms with E-state index in [-0.39, 0.29) is 6.54 Å². The van der Waals surface area contributed by atoms with Gasteiger partial charge in [-0.25, -0.2) is 17.9 Å². The third-order valence-electron chi connectivity index (χ3n) is 3.90. The Bertz CT molecular complexity index is 960. The first-order valence-corrected chi connectivity index (χ1v) is 7.77. The summed E-state index contributed by atoms with van der Waals surface area (Å²) in [5.41, 5.74) is -0.317. The lowest BCUT2D eigenvalue weighted by molar-refractivity contribution is -0.141. The molecule has 1 heterocycles. The molecule has 0 saturated carbocycles. The number of hydrogen-bond acceptors (Lipinski definition) is 2. The highest BCUT2D eigenvalue weighted by Gasteiger charge is 2.34. The number of anilines is 1. The summed E-state index contributed by atoms with van der Waals surface area (Å²) in [4.78, 5) is 0. The van der Waals surface area contributed by atoms with E-state index in [2.05, 4.69) is 10.4 Å². The molecule has 0 aliphatic rings. The number of halogens is 6. The van der Waals surface area contributed by atoms with Gasteiger partial charge in [0, 0.05) is 23.5 Å². The SMILES string of the molecule is Cc1cc(C(F)(F)F)nn1-c1ccc(NCc2c(F)ccc(F)c2F)cc1. The van der Waals surface area contributed by atoms with Gasteiger partial charge in [-0.2, -0.15) is 18.3 Å². The van der Waals surface area contributed by atoms with Crippen molar-refractivity contribution in [1.29, 1.82) is 0 Å². The maximum Gasteiger partial charge on any atom is 0.435 e. The van der Waals surface area contributed by atoms with E-state index in [1.165, 1.54) is 31.2 Å². The molecule has 3 rings (SSSR count). The van der Waals surface area contributed by atoms with Crippen molar-refractivity contribution in [3.63, 3.8) is 0 Å². The fourth-order valence-corrected chi connectivity index (χ4v) is 2.52. The Morgan fingerprint density at radius 2 is 1.59 bits per heavy atom.